The van der Waals surface area contributed by atoms with Crippen LogP contribution in [0.1, 0.15) is 64.2 Å². The molecule has 0 unspecified atom stereocenters. The van der Waals surface area contributed by atoms with E-state index in [1.54, 1.807) is 0 Å². The van der Waals surface area contributed by atoms with Crippen molar-refractivity contribution in [1.29, 1.82) is 5.26 Å². The Balaban J connectivity index is 1.96. The van der Waals surface area contributed by atoms with Crippen LogP contribution >= 0.6 is 0 Å². The van der Waals surface area contributed by atoms with Gasteiger partial charge in [-0.05, 0) is 38.0 Å². The lowest BCUT2D eigenvalue weighted by atomic mass is 9.72. The molecule has 2 saturated carbocycles. The van der Waals surface area contributed by atoms with E-state index in [4.69, 9.17) is 5.26 Å². The van der Waals surface area contributed by atoms with Gasteiger partial charge in [-0.1, -0.05) is 25.7 Å². The number of hydrogen-bond acceptors (Lipinski definition) is 3. The van der Waals surface area contributed by atoms with Crippen LogP contribution in [-0.2, 0) is 4.79 Å². The van der Waals surface area contributed by atoms with Crippen LogP contribution in [0.25, 0.3) is 0 Å². The Morgan fingerprint density at radius 3 is 2.68 bits per heavy atom. The van der Waals surface area contributed by atoms with Crippen LogP contribution in [0.4, 0.5) is 0 Å². The van der Waals surface area contributed by atoms with E-state index in [1.807, 2.05) is 6.07 Å². The maximum Gasteiger partial charge on any atom is 0.254 e. The Labute approximate surface area is 115 Å². The third-order valence-electron chi connectivity index (χ3n) is 4.41. The van der Waals surface area contributed by atoms with Gasteiger partial charge in [0.15, 0.2) is 0 Å². The zero-order chi connectivity index (χ0) is 13.5. The highest BCUT2D eigenvalue weighted by atomic mass is 16.2. The van der Waals surface area contributed by atoms with Gasteiger partial charge < -0.3 is 0 Å². The van der Waals surface area contributed by atoms with Gasteiger partial charge in [0.25, 0.3) is 5.91 Å². The molecule has 2 fully saturated rings. The van der Waals surface area contributed by atoms with E-state index in [0.29, 0.717) is 5.92 Å². The molecule has 0 bridgehead atoms. The molecule has 0 aliphatic heterocycles. The Bertz CT molecular complexity index is 377. The van der Waals surface area contributed by atoms with Crippen molar-refractivity contribution in [1.82, 2.24) is 5.43 Å². The van der Waals surface area contributed by atoms with Crippen LogP contribution in [0.15, 0.2) is 5.10 Å². The predicted octanol–water partition coefficient (Wildman–Crippen LogP) is 3.14. The summed E-state index contributed by atoms with van der Waals surface area (Å²) in [6.45, 7) is 0. The molecule has 1 N–H and O–H groups in total. The van der Waals surface area contributed by atoms with Crippen molar-refractivity contribution < 1.29 is 4.79 Å². The Kier molecular flexibility index (Phi) is 5.38. The first kappa shape index (κ1) is 14.0. The minimum absolute atomic E-state index is 0.106. The van der Waals surface area contributed by atoms with Crippen molar-refractivity contribution in [2.24, 2.45) is 16.9 Å². The normalized spacial score (nSPS) is 26.9. The highest BCUT2D eigenvalue weighted by molar-refractivity contribution is 5.89. The van der Waals surface area contributed by atoms with Crippen molar-refractivity contribution in [2.45, 2.75) is 64.2 Å². The molecule has 4 nitrogen and oxygen atoms in total. The van der Waals surface area contributed by atoms with E-state index in [9.17, 15) is 4.79 Å². The molecule has 4 heteroatoms. The minimum atomic E-state index is -0.289. The van der Waals surface area contributed by atoms with Gasteiger partial charge in [-0.3, -0.25) is 4.79 Å². The largest absolute Gasteiger partial charge is 0.272 e. The lowest BCUT2D eigenvalue weighted by Crippen LogP contribution is -2.31. The van der Waals surface area contributed by atoms with Gasteiger partial charge in [-0.25, -0.2) is 5.43 Å². The molecule has 2 aliphatic rings. The lowest BCUT2D eigenvalue weighted by Gasteiger charge is -2.33. The van der Waals surface area contributed by atoms with E-state index >= 15 is 0 Å². The molecule has 2 rings (SSSR count). The second kappa shape index (κ2) is 7.28. The summed E-state index contributed by atoms with van der Waals surface area (Å²) < 4.78 is 0. The van der Waals surface area contributed by atoms with Crippen molar-refractivity contribution in [2.75, 3.05) is 0 Å². The zero-order valence-electron chi connectivity index (χ0n) is 11.5. The first-order valence-electron chi connectivity index (χ1n) is 7.53. The second-order valence-corrected chi connectivity index (χ2v) is 5.72. The molecule has 1 atom stereocenters. The van der Waals surface area contributed by atoms with Gasteiger partial charge in [0, 0.05) is 11.6 Å². The molecule has 0 aromatic rings. The van der Waals surface area contributed by atoms with Crippen molar-refractivity contribution in [3.8, 4) is 6.07 Å². The van der Waals surface area contributed by atoms with Gasteiger partial charge in [-0.15, -0.1) is 0 Å². The minimum Gasteiger partial charge on any atom is -0.272 e. The smallest absolute Gasteiger partial charge is 0.254 e. The number of nitrogens with zero attached hydrogens (tertiary/aromatic N) is 2. The van der Waals surface area contributed by atoms with Gasteiger partial charge >= 0.3 is 0 Å². The first-order valence-corrected chi connectivity index (χ1v) is 7.53. The van der Waals surface area contributed by atoms with E-state index in [1.165, 1.54) is 57.1 Å². The van der Waals surface area contributed by atoms with E-state index in [0.717, 1.165) is 12.3 Å². The van der Waals surface area contributed by atoms with Gasteiger partial charge in [-0.2, -0.15) is 10.4 Å². The molecule has 0 heterocycles. The fourth-order valence-electron chi connectivity index (χ4n) is 3.45. The number of nitrogens with one attached hydrogen (secondary N) is 1. The summed E-state index contributed by atoms with van der Waals surface area (Å²) in [6.07, 6.45) is 11.3. The van der Waals surface area contributed by atoms with Gasteiger partial charge in [0.1, 0.15) is 6.42 Å². The molecule has 0 radical (unpaired) electrons. The quantitative estimate of drug-likeness (QED) is 0.793. The predicted molar refractivity (Wildman–Crippen MR) is 74.3 cm³/mol. The molecule has 104 valence electrons. The zero-order valence-corrected chi connectivity index (χ0v) is 11.5. The summed E-state index contributed by atoms with van der Waals surface area (Å²) >= 11 is 0. The van der Waals surface area contributed by atoms with E-state index in [-0.39, 0.29) is 12.3 Å². The number of nitriles is 1. The maximum absolute atomic E-state index is 11.3. The number of carbonyl (C=O) groups is 1. The van der Waals surface area contributed by atoms with Crippen LogP contribution < -0.4 is 5.43 Å². The average molecular weight is 261 g/mol. The highest BCUT2D eigenvalue weighted by Crippen LogP contribution is 2.36. The average Bonchev–Trinajstić information content (AvgIpc) is 2.47. The van der Waals surface area contributed by atoms with Crippen LogP contribution in [0, 0.1) is 23.2 Å². The van der Waals surface area contributed by atoms with Crippen LogP contribution in [0.3, 0.4) is 0 Å². The van der Waals surface area contributed by atoms with Crippen molar-refractivity contribution in [3.63, 3.8) is 0 Å². The van der Waals surface area contributed by atoms with Crippen molar-refractivity contribution >= 4 is 11.6 Å². The van der Waals surface area contributed by atoms with Crippen LogP contribution in [-0.4, -0.2) is 11.6 Å². The first-order chi connectivity index (χ1) is 9.31. The van der Waals surface area contributed by atoms with Crippen LogP contribution in [0.5, 0.6) is 0 Å². The van der Waals surface area contributed by atoms with Gasteiger partial charge in [0.05, 0.1) is 6.07 Å². The molecular formula is C15H23N3O. The second-order valence-electron chi connectivity index (χ2n) is 5.72. The summed E-state index contributed by atoms with van der Waals surface area (Å²) in [4.78, 5) is 11.3. The lowest BCUT2D eigenvalue weighted by molar-refractivity contribution is -0.120. The van der Waals surface area contributed by atoms with Gasteiger partial charge in [0.2, 0.25) is 0 Å². The van der Waals surface area contributed by atoms with Crippen LogP contribution in [0.2, 0.25) is 0 Å². The number of hydrogen-bond donors (Lipinski definition) is 1. The molecule has 0 aromatic carbocycles. The Morgan fingerprint density at radius 2 is 1.95 bits per heavy atom. The van der Waals surface area contributed by atoms with E-state index < -0.39 is 0 Å². The summed E-state index contributed by atoms with van der Waals surface area (Å²) in [5, 5.41) is 12.8. The molecule has 0 spiro atoms. The molecule has 19 heavy (non-hydrogen) atoms. The third-order valence-corrected chi connectivity index (χ3v) is 4.41. The monoisotopic (exact) mass is 261 g/mol. The summed E-state index contributed by atoms with van der Waals surface area (Å²) in [5.41, 5.74) is 3.72. The SMILES string of the molecule is N#CCC(=O)N/N=C1/CCCC[C@@H]1C1CCCCC1. The summed E-state index contributed by atoms with van der Waals surface area (Å²) in [7, 11) is 0. The molecule has 0 aromatic heterocycles. The Hall–Kier alpha value is -1.37. The molecule has 2 aliphatic carbocycles. The number of hydrazone groups is 1. The number of rotatable bonds is 3. The number of amides is 1. The molecule has 1 amide bonds. The fourth-order valence-corrected chi connectivity index (χ4v) is 3.45. The highest BCUT2D eigenvalue weighted by Gasteiger charge is 2.29. The number of carbonyl (C=O) groups excluding carboxylic acids is 1. The topological polar surface area (TPSA) is 65.2 Å². The van der Waals surface area contributed by atoms with Crippen molar-refractivity contribution in [3.05, 3.63) is 0 Å². The third kappa shape index (κ3) is 4.05. The Morgan fingerprint density at radius 1 is 1.21 bits per heavy atom. The van der Waals surface area contributed by atoms with E-state index in [2.05, 4.69) is 10.5 Å². The standard InChI is InChI=1S/C15H23N3O/c16-11-10-15(19)18-17-14-9-5-4-8-13(14)12-6-2-1-3-7-12/h12-13H,1-10H2,(H,18,19)/b17-14-/t13-/m1/s1. The fraction of sp³-hybridized carbons (Fsp3) is 0.800. The summed E-state index contributed by atoms with van der Waals surface area (Å²) in [5.74, 6) is 1.04. The summed E-state index contributed by atoms with van der Waals surface area (Å²) in [6, 6.07) is 1.85. The molecular weight excluding hydrogens is 238 g/mol. The molecule has 0 saturated heterocycles. The maximum atomic E-state index is 11.3.